The number of fused-ring (bicyclic) bond motifs is 2. The second-order valence-electron chi connectivity index (χ2n) is 10.1. The maximum atomic E-state index is 12.7. The molecule has 1 aliphatic heterocycles. The number of nitrogens with two attached hydrogens (primary N) is 1. The van der Waals surface area contributed by atoms with Crippen LogP contribution in [0, 0.1) is 6.92 Å². The van der Waals surface area contributed by atoms with Crippen LogP contribution in [0.5, 0.6) is 0 Å². The zero-order valence-electron chi connectivity index (χ0n) is 19.4. The van der Waals surface area contributed by atoms with E-state index in [2.05, 4.69) is 41.1 Å². The highest BCUT2D eigenvalue weighted by Gasteiger charge is 2.49. The average Bonchev–Trinajstić information content (AvgIpc) is 3.71. The number of hydrogen-bond acceptors (Lipinski definition) is 6. The molecule has 0 saturated heterocycles. The molecule has 33 heavy (non-hydrogen) atoms. The van der Waals surface area contributed by atoms with Gasteiger partial charge in [0.25, 0.3) is 5.91 Å². The third kappa shape index (κ3) is 3.40. The lowest BCUT2D eigenvalue weighted by atomic mass is 9.82. The molecule has 0 atom stereocenters. The van der Waals surface area contributed by atoms with Crippen molar-refractivity contribution >= 4 is 11.7 Å². The van der Waals surface area contributed by atoms with Crippen molar-refractivity contribution in [2.45, 2.75) is 50.6 Å². The topological polar surface area (TPSA) is 93.2 Å². The van der Waals surface area contributed by atoms with Gasteiger partial charge in [0.2, 0.25) is 0 Å². The van der Waals surface area contributed by atoms with Gasteiger partial charge in [-0.2, -0.15) is 5.10 Å². The summed E-state index contributed by atoms with van der Waals surface area (Å²) >= 11 is 0. The SMILES string of the molecule is Cc1cc(-c2cnc(N)c(-n3cc(C(=O)N(C)C4CC4)cn3)n2)cc2c1C1(CC1)CN(C)C2. The second-order valence-corrected chi connectivity index (χ2v) is 10.1. The minimum atomic E-state index is -0.0325. The van der Waals surface area contributed by atoms with E-state index < -0.39 is 0 Å². The van der Waals surface area contributed by atoms with Crippen LogP contribution in [0.15, 0.2) is 30.7 Å². The van der Waals surface area contributed by atoms with E-state index >= 15 is 0 Å². The lowest BCUT2D eigenvalue weighted by Gasteiger charge is -2.34. The van der Waals surface area contributed by atoms with E-state index in [4.69, 9.17) is 10.7 Å². The van der Waals surface area contributed by atoms with E-state index in [0.29, 0.717) is 22.8 Å². The first-order valence-electron chi connectivity index (χ1n) is 11.6. The van der Waals surface area contributed by atoms with Gasteiger partial charge < -0.3 is 15.5 Å². The maximum absolute atomic E-state index is 12.7. The average molecular weight is 444 g/mol. The number of likely N-dealkylation sites (N-methyl/N-ethyl adjacent to an activating group) is 1. The number of rotatable bonds is 4. The first kappa shape index (κ1) is 20.4. The van der Waals surface area contributed by atoms with Gasteiger partial charge in [0.05, 0.1) is 23.7 Å². The highest BCUT2D eigenvalue weighted by molar-refractivity contribution is 5.94. The van der Waals surface area contributed by atoms with Gasteiger partial charge in [0.15, 0.2) is 11.6 Å². The van der Waals surface area contributed by atoms with Crippen molar-refractivity contribution in [1.29, 1.82) is 0 Å². The van der Waals surface area contributed by atoms with Crippen molar-refractivity contribution in [3.8, 4) is 17.1 Å². The summed E-state index contributed by atoms with van der Waals surface area (Å²) in [4.78, 5) is 26.1. The molecule has 8 heteroatoms. The van der Waals surface area contributed by atoms with Crippen LogP contribution >= 0.6 is 0 Å². The molecule has 3 aliphatic rings. The van der Waals surface area contributed by atoms with Gasteiger partial charge in [0, 0.05) is 43.4 Å². The first-order valence-corrected chi connectivity index (χ1v) is 11.6. The molecule has 2 fully saturated rings. The Morgan fingerprint density at radius 2 is 2.03 bits per heavy atom. The van der Waals surface area contributed by atoms with Crippen molar-refractivity contribution < 1.29 is 4.79 Å². The number of nitrogens with zero attached hydrogens (tertiary/aromatic N) is 6. The minimum Gasteiger partial charge on any atom is -0.381 e. The van der Waals surface area contributed by atoms with Gasteiger partial charge in [-0.1, -0.05) is 0 Å². The number of nitrogen functional groups attached to an aromatic ring is 1. The van der Waals surface area contributed by atoms with Crippen LogP contribution in [0.25, 0.3) is 17.1 Å². The fourth-order valence-corrected chi connectivity index (χ4v) is 5.47. The maximum Gasteiger partial charge on any atom is 0.257 e. The number of benzene rings is 1. The van der Waals surface area contributed by atoms with Gasteiger partial charge in [-0.05, 0) is 68.5 Å². The molecule has 1 aromatic carbocycles. The highest BCUT2D eigenvalue weighted by atomic mass is 16.2. The monoisotopic (exact) mass is 443 g/mol. The summed E-state index contributed by atoms with van der Waals surface area (Å²) in [5.74, 6) is 0.685. The molecule has 1 spiro atoms. The van der Waals surface area contributed by atoms with Gasteiger partial charge in [-0.15, -0.1) is 0 Å². The number of aromatic nitrogens is 4. The number of anilines is 1. The van der Waals surface area contributed by atoms with Crippen LogP contribution in [0.3, 0.4) is 0 Å². The minimum absolute atomic E-state index is 0.0325. The number of amides is 1. The molecular formula is C25H29N7O. The Hall–Kier alpha value is -3.26. The van der Waals surface area contributed by atoms with Crippen LogP contribution in [0.1, 0.15) is 52.7 Å². The summed E-state index contributed by atoms with van der Waals surface area (Å²) in [5.41, 5.74) is 13.1. The first-order chi connectivity index (χ1) is 15.8. The van der Waals surface area contributed by atoms with Gasteiger partial charge in [-0.25, -0.2) is 14.6 Å². The Balaban J connectivity index is 1.36. The Kier molecular flexibility index (Phi) is 4.39. The molecule has 3 heterocycles. The smallest absolute Gasteiger partial charge is 0.257 e. The third-order valence-corrected chi connectivity index (χ3v) is 7.35. The summed E-state index contributed by atoms with van der Waals surface area (Å²) < 4.78 is 1.55. The summed E-state index contributed by atoms with van der Waals surface area (Å²) in [5, 5.41) is 4.37. The Bertz CT molecular complexity index is 1270. The normalized spacial score (nSPS) is 18.9. The quantitative estimate of drug-likeness (QED) is 0.666. The number of carbonyl (C=O) groups excluding carboxylic acids is 1. The van der Waals surface area contributed by atoms with Gasteiger partial charge in [0.1, 0.15) is 0 Å². The van der Waals surface area contributed by atoms with Crippen LogP contribution in [-0.2, 0) is 12.0 Å². The fourth-order valence-electron chi connectivity index (χ4n) is 5.47. The zero-order valence-corrected chi connectivity index (χ0v) is 19.4. The van der Waals surface area contributed by atoms with E-state index in [9.17, 15) is 4.79 Å². The van der Waals surface area contributed by atoms with Crippen LogP contribution < -0.4 is 5.73 Å². The molecule has 2 aliphatic carbocycles. The molecule has 3 aromatic rings. The van der Waals surface area contributed by atoms with Crippen LogP contribution in [0.4, 0.5) is 5.82 Å². The fraction of sp³-hybridized carbons (Fsp3) is 0.440. The van der Waals surface area contributed by atoms with Crippen molar-refractivity contribution in [3.63, 3.8) is 0 Å². The largest absolute Gasteiger partial charge is 0.381 e. The molecule has 2 N–H and O–H groups in total. The number of carbonyl (C=O) groups is 1. The summed E-state index contributed by atoms with van der Waals surface area (Å²) in [6.07, 6.45) is 9.65. The van der Waals surface area contributed by atoms with Gasteiger partial charge >= 0.3 is 0 Å². The van der Waals surface area contributed by atoms with Crippen LogP contribution in [-0.4, -0.2) is 62.1 Å². The van der Waals surface area contributed by atoms with Crippen molar-refractivity contribution in [3.05, 3.63) is 53.0 Å². The summed E-state index contributed by atoms with van der Waals surface area (Å²) in [6.45, 7) is 4.30. The standard InChI is InChI=1S/C25H29N7O/c1-15-8-16(9-17-12-30(2)14-25(6-7-25)21(15)17)20-11-27-22(26)23(29-20)32-13-18(10-28-32)24(33)31(3)19-4-5-19/h8-11,13,19H,4-7,12,14H2,1-3H3,(H2,26,27). The van der Waals surface area contributed by atoms with Crippen LogP contribution in [0.2, 0.25) is 0 Å². The predicted octanol–water partition coefficient (Wildman–Crippen LogP) is 2.93. The van der Waals surface area contributed by atoms with E-state index in [1.165, 1.54) is 29.5 Å². The van der Waals surface area contributed by atoms with Crippen molar-refractivity contribution in [1.82, 2.24) is 29.5 Å². The molecule has 0 radical (unpaired) electrons. The molecule has 0 unspecified atom stereocenters. The third-order valence-electron chi connectivity index (χ3n) is 7.35. The lowest BCUT2D eigenvalue weighted by Crippen LogP contribution is -2.35. The summed E-state index contributed by atoms with van der Waals surface area (Å²) in [6, 6.07) is 4.82. The molecule has 170 valence electrons. The van der Waals surface area contributed by atoms with E-state index in [1.54, 1.807) is 28.2 Å². The second kappa shape index (κ2) is 7.12. The van der Waals surface area contributed by atoms with E-state index in [-0.39, 0.29) is 11.7 Å². The Morgan fingerprint density at radius 3 is 2.76 bits per heavy atom. The van der Waals surface area contributed by atoms with Crippen molar-refractivity contribution in [2.24, 2.45) is 0 Å². The molecule has 6 rings (SSSR count). The lowest BCUT2D eigenvalue weighted by molar-refractivity contribution is 0.0785. The molecular weight excluding hydrogens is 414 g/mol. The molecule has 1 amide bonds. The molecule has 2 aromatic heterocycles. The predicted molar refractivity (Wildman–Crippen MR) is 126 cm³/mol. The van der Waals surface area contributed by atoms with Crippen molar-refractivity contribution in [2.75, 3.05) is 26.4 Å². The van der Waals surface area contributed by atoms with Gasteiger partial charge in [-0.3, -0.25) is 4.79 Å². The zero-order chi connectivity index (χ0) is 22.9. The van der Waals surface area contributed by atoms with E-state index in [1.807, 2.05) is 7.05 Å². The molecule has 8 nitrogen and oxygen atoms in total. The Labute approximate surface area is 193 Å². The number of aryl methyl sites for hydroxylation is 1. The highest BCUT2D eigenvalue weighted by Crippen LogP contribution is 2.53. The number of hydrogen-bond donors (Lipinski definition) is 1. The Morgan fingerprint density at radius 1 is 1.24 bits per heavy atom. The molecule has 2 saturated carbocycles. The summed E-state index contributed by atoms with van der Waals surface area (Å²) in [7, 11) is 4.04. The van der Waals surface area contributed by atoms with E-state index in [0.717, 1.165) is 37.2 Å². The molecule has 0 bridgehead atoms.